The summed E-state index contributed by atoms with van der Waals surface area (Å²) in [5.41, 5.74) is 4.45. The van der Waals surface area contributed by atoms with Gasteiger partial charge in [-0.15, -0.1) is 0 Å². The van der Waals surface area contributed by atoms with Gasteiger partial charge in [-0.25, -0.2) is 0 Å². The Morgan fingerprint density at radius 3 is 2.38 bits per heavy atom. The van der Waals surface area contributed by atoms with Crippen LogP contribution in [0.4, 0.5) is 0 Å². The third kappa shape index (κ3) is 4.53. The number of benzene rings is 2. The monoisotopic (exact) mass is 394 g/mol. The van der Waals surface area contributed by atoms with Crippen LogP contribution in [0.2, 0.25) is 0 Å². The molecule has 0 saturated heterocycles. The number of halogens is 2. The number of rotatable bonds is 3. The van der Waals surface area contributed by atoms with Crippen molar-refractivity contribution >= 4 is 16.3 Å². The van der Waals surface area contributed by atoms with Crippen LogP contribution >= 0.6 is 0 Å². The number of hydrogen-bond donors (Lipinski definition) is 0. The van der Waals surface area contributed by atoms with Crippen LogP contribution in [0.25, 0.3) is 16.3 Å². The molecule has 1 aliphatic carbocycles. The van der Waals surface area contributed by atoms with E-state index in [0.717, 1.165) is 13.0 Å². The van der Waals surface area contributed by atoms with Crippen molar-refractivity contribution in [2.75, 3.05) is 0 Å². The molecule has 0 bridgehead atoms. The molecule has 4 heteroatoms. The molecule has 0 N–H and O–H groups in total. The molecule has 0 heterocycles. The van der Waals surface area contributed by atoms with E-state index < -0.39 is 0 Å². The van der Waals surface area contributed by atoms with Crippen LogP contribution < -0.4 is 24.8 Å². The van der Waals surface area contributed by atoms with Crippen molar-refractivity contribution < 1.29 is 45.5 Å². The summed E-state index contributed by atoms with van der Waals surface area (Å²) in [7, 11) is 0. The normalized spacial score (nSPS) is 13.7. The van der Waals surface area contributed by atoms with Crippen molar-refractivity contribution in [3.05, 3.63) is 65.8 Å². The summed E-state index contributed by atoms with van der Waals surface area (Å²) >= 11 is 2.22. The van der Waals surface area contributed by atoms with E-state index in [4.69, 9.17) is 0 Å². The molecular formula is C20H22Cl2NTi. The summed E-state index contributed by atoms with van der Waals surface area (Å²) in [4.78, 5) is 0. The Kier molecular flexibility index (Phi) is 7.78. The Morgan fingerprint density at radius 1 is 1.04 bits per heavy atom. The van der Waals surface area contributed by atoms with E-state index in [1.807, 2.05) is 0 Å². The fourth-order valence-electron chi connectivity index (χ4n) is 2.85. The SMILES string of the molecule is CC(C)(C)[N]([Ti+2])Cc1c(C2=CC=CC2)ccc2ccccc12.[Cl-].[Cl-]. The van der Waals surface area contributed by atoms with Gasteiger partial charge >= 0.3 is 145 Å². The van der Waals surface area contributed by atoms with E-state index in [9.17, 15) is 0 Å². The minimum Gasteiger partial charge on any atom is -1.00 e. The largest absolute Gasteiger partial charge is 1.00 e. The first-order chi connectivity index (χ1) is 10.5. The number of allylic oxidation sites excluding steroid dienone is 4. The molecule has 1 aliphatic rings. The topological polar surface area (TPSA) is 3.24 Å². The van der Waals surface area contributed by atoms with E-state index in [2.05, 4.69) is 99.5 Å². The fourth-order valence-corrected chi connectivity index (χ4v) is 3.10. The van der Waals surface area contributed by atoms with Crippen LogP contribution in [0.5, 0.6) is 0 Å². The summed E-state index contributed by atoms with van der Waals surface area (Å²) in [5.74, 6) is 0. The molecule has 2 aromatic rings. The Labute approximate surface area is 169 Å². The number of fused-ring (bicyclic) bond motifs is 1. The van der Waals surface area contributed by atoms with Gasteiger partial charge in [-0.3, -0.25) is 0 Å². The maximum atomic E-state index is 2.43. The standard InChI is InChI=1S/C20H22N.2ClH.Ti/c1-20(2,3)21-14-19-17-11-7-6-10-16(17)12-13-18(19)15-8-4-5-9-15;;;/h4-8,10-13H,9,14H2,1-3H3;2*1H;/q-1;;;+3/p-2. The third-order valence-electron chi connectivity index (χ3n) is 4.28. The molecule has 3 rings (SSSR count). The van der Waals surface area contributed by atoms with Gasteiger partial charge in [0.2, 0.25) is 0 Å². The van der Waals surface area contributed by atoms with Gasteiger partial charge in [0.1, 0.15) is 0 Å². The molecule has 0 aliphatic heterocycles. The second-order valence-electron chi connectivity index (χ2n) is 6.89. The quantitative estimate of drug-likeness (QED) is 0.619. The maximum Gasteiger partial charge on any atom is -1.00 e. The molecule has 0 radical (unpaired) electrons. The van der Waals surface area contributed by atoms with Crippen LogP contribution in [0, 0.1) is 0 Å². The Morgan fingerprint density at radius 2 is 1.75 bits per heavy atom. The maximum absolute atomic E-state index is 2.43. The van der Waals surface area contributed by atoms with Crippen molar-refractivity contribution in [3.63, 3.8) is 0 Å². The predicted octanol–water partition coefficient (Wildman–Crippen LogP) is -0.747. The molecular weight excluding hydrogens is 373 g/mol. The molecule has 0 fully saturated rings. The average molecular weight is 395 g/mol. The summed E-state index contributed by atoms with van der Waals surface area (Å²) in [6, 6.07) is 13.3. The van der Waals surface area contributed by atoms with E-state index in [1.54, 1.807) is 0 Å². The van der Waals surface area contributed by atoms with Gasteiger partial charge in [-0.05, 0) is 0 Å². The van der Waals surface area contributed by atoms with Gasteiger partial charge in [-0.1, -0.05) is 0 Å². The number of nitrogens with zero attached hydrogens (tertiary/aromatic N) is 1. The summed E-state index contributed by atoms with van der Waals surface area (Å²) in [6.45, 7) is 7.79. The summed E-state index contributed by atoms with van der Waals surface area (Å²) in [6.07, 6.45) is 7.71. The molecule has 125 valence electrons. The van der Waals surface area contributed by atoms with Gasteiger partial charge in [-0.2, -0.15) is 0 Å². The zero-order chi connectivity index (χ0) is 15.7. The Hall–Kier alpha value is -0.566. The Bertz CT molecular complexity index is 760. The fraction of sp³-hybridized carbons (Fsp3) is 0.300. The second-order valence-corrected chi connectivity index (χ2v) is 7.74. The first-order valence-electron chi connectivity index (χ1n) is 7.82. The van der Waals surface area contributed by atoms with Crippen LogP contribution in [-0.2, 0) is 27.2 Å². The average Bonchev–Trinajstić information content (AvgIpc) is 3.00. The minimum atomic E-state index is 0. The minimum absolute atomic E-state index is 0. The van der Waals surface area contributed by atoms with Crippen LogP contribution in [0.3, 0.4) is 0 Å². The molecule has 0 spiro atoms. The van der Waals surface area contributed by atoms with Crippen molar-refractivity contribution in [2.45, 2.75) is 39.3 Å². The summed E-state index contributed by atoms with van der Waals surface area (Å²) in [5, 5.41) is 2.71. The first kappa shape index (κ1) is 21.5. The Balaban J connectivity index is 0.00000144. The second kappa shape index (κ2) is 8.69. The van der Waals surface area contributed by atoms with E-state index >= 15 is 0 Å². The summed E-state index contributed by atoms with van der Waals surface area (Å²) < 4.78 is 2.43. The van der Waals surface area contributed by atoms with E-state index in [-0.39, 0.29) is 30.4 Å². The zero-order valence-corrected chi connectivity index (χ0v) is 17.4. The van der Waals surface area contributed by atoms with Gasteiger partial charge < -0.3 is 24.8 Å². The molecule has 0 unspecified atom stereocenters. The molecule has 0 atom stereocenters. The number of hydrogen-bond acceptors (Lipinski definition) is 1. The molecule has 2 aromatic carbocycles. The molecule has 24 heavy (non-hydrogen) atoms. The van der Waals surface area contributed by atoms with Crippen LogP contribution in [0.15, 0.2) is 54.6 Å². The van der Waals surface area contributed by atoms with E-state index in [1.165, 1.54) is 27.5 Å². The van der Waals surface area contributed by atoms with Crippen molar-refractivity contribution in [1.82, 2.24) is 3.38 Å². The van der Waals surface area contributed by atoms with Crippen molar-refractivity contribution in [1.29, 1.82) is 0 Å². The van der Waals surface area contributed by atoms with Gasteiger partial charge in [0.05, 0.1) is 0 Å². The van der Waals surface area contributed by atoms with Gasteiger partial charge in [0, 0.05) is 0 Å². The van der Waals surface area contributed by atoms with Gasteiger partial charge in [0.15, 0.2) is 0 Å². The van der Waals surface area contributed by atoms with Crippen LogP contribution in [0.1, 0.15) is 38.3 Å². The third-order valence-corrected chi connectivity index (χ3v) is 5.58. The van der Waals surface area contributed by atoms with Crippen molar-refractivity contribution in [3.8, 4) is 0 Å². The molecule has 1 nitrogen and oxygen atoms in total. The first-order valence-corrected chi connectivity index (χ1v) is 8.52. The molecule has 0 aromatic heterocycles. The predicted molar refractivity (Wildman–Crippen MR) is 91.0 cm³/mol. The van der Waals surface area contributed by atoms with Crippen molar-refractivity contribution in [2.24, 2.45) is 0 Å². The molecule has 0 saturated carbocycles. The van der Waals surface area contributed by atoms with Crippen LogP contribution in [-0.4, -0.2) is 8.92 Å². The zero-order valence-electron chi connectivity index (χ0n) is 14.3. The van der Waals surface area contributed by atoms with E-state index in [0.29, 0.717) is 0 Å². The van der Waals surface area contributed by atoms with Gasteiger partial charge in [0.25, 0.3) is 0 Å². The molecule has 0 amide bonds. The smallest absolute Gasteiger partial charge is 1.00 e.